The zero-order valence-electron chi connectivity index (χ0n) is 10.3. The van der Waals surface area contributed by atoms with Gasteiger partial charge in [-0.1, -0.05) is 18.2 Å². The van der Waals surface area contributed by atoms with Crippen molar-refractivity contribution >= 4 is 16.7 Å². The van der Waals surface area contributed by atoms with E-state index in [1.807, 2.05) is 12.1 Å². The number of carbonyl (C=O) groups is 1. The molecule has 0 bridgehead atoms. The topological polar surface area (TPSA) is 36.1 Å². The third kappa shape index (κ3) is 3.35. The minimum Gasteiger partial charge on any atom is -0.360 e. The third-order valence-electron chi connectivity index (χ3n) is 2.75. The Labute approximate surface area is 108 Å². The highest BCUT2D eigenvalue weighted by molar-refractivity contribution is 6.08. The molecule has 0 unspecified atom stereocenters. The monoisotopic (exact) mass is 270 g/mol. The zero-order valence-corrected chi connectivity index (χ0v) is 10.3. The number of aromatic amines is 1. The molecule has 0 fully saturated rings. The molecule has 1 heterocycles. The number of likely N-dealkylation sites (N-methyl/N-ethyl adjacent to an activating group) is 1. The molecule has 1 N–H and O–H groups in total. The van der Waals surface area contributed by atoms with E-state index in [0.29, 0.717) is 5.56 Å². The van der Waals surface area contributed by atoms with Gasteiger partial charge in [0.15, 0.2) is 5.78 Å². The van der Waals surface area contributed by atoms with Gasteiger partial charge in [-0.25, -0.2) is 0 Å². The molecule has 0 saturated carbocycles. The second kappa shape index (κ2) is 5.05. The number of Topliss-reactive ketones (excluding diaryl/α,β-unsaturated/α-hetero) is 1. The molecule has 0 atom stereocenters. The van der Waals surface area contributed by atoms with Gasteiger partial charge in [-0.05, 0) is 13.1 Å². The number of para-hydroxylation sites is 1. The lowest BCUT2D eigenvalue weighted by atomic mass is 10.1. The number of H-pyrrole nitrogens is 1. The average molecular weight is 270 g/mol. The lowest BCUT2D eigenvalue weighted by Gasteiger charge is -2.17. The van der Waals surface area contributed by atoms with Crippen LogP contribution in [0.5, 0.6) is 0 Å². The van der Waals surface area contributed by atoms with Crippen LogP contribution in [-0.4, -0.2) is 42.0 Å². The molecular weight excluding hydrogens is 257 g/mol. The van der Waals surface area contributed by atoms with Gasteiger partial charge in [-0.15, -0.1) is 0 Å². The molecule has 0 aliphatic heterocycles. The first-order valence-electron chi connectivity index (χ1n) is 5.71. The van der Waals surface area contributed by atoms with E-state index in [9.17, 15) is 18.0 Å². The summed E-state index contributed by atoms with van der Waals surface area (Å²) in [7, 11) is 1.28. The first-order chi connectivity index (χ1) is 8.87. The first kappa shape index (κ1) is 13.6. The van der Waals surface area contributed by atoms with E-state index in [2.05, 4.69) is 4.98 Å². The maximum Gasteiger partial charge on any atom is 0.401 e. The number of ketones is 1. The highest BCUT2D eigenvalue weighted by atomic mass is 19.4. The van der Waals surface area contributed by atoms with Crippen molar-refractivity contribution in [2.24, 2.45) is 0 Å². The van der Waals surface area contributed by atoms with E-state index in [1.54, 1.807) is 12.1 Å². The van der Waals surface area contributed by atoms with E-state index in [4.69, 9.17) is 0 Å². The summed E-state index contributed by atoms with van der Waals surface area (Å²) in [6, 6.07) is 7.18. The normalized spacial score (nSPS) is 12.3. The van der Waals surface area contributed by atoms with E-state index in [1.165, 1.54) is 13.2 Å². The van der Waals surface area contributed by atoms with Crippen molar-refractivity contribution in [1.82, 2.24) is 9.88 Å². The molecule has 0 saturated heterocycles. The van der Waals surface area contributed by atoms with Crippen LogP contribution >= 0.6 is 0 Å². The Balaban J connectivity index is 2.12. The van der Waals surface area contributed by atoms with Crippen molar-refractivity contribution in [1.29, 1.82) is 0 Å². The van der Waals surface area contributed by atoms with Gasteiger partial charge >= 0.3 is 6.18 Å². The molecule has 1 aromatic carbocycles. The minimum absolute atomic E-state index is 0.263. The van der Waals surface area contributed by atoms with Crippen LogP contribution in [0.25, 0.3) is 10.9 Å². The Morgan fingerprint density at radius 3 is 2.68 bits per heavy atom. The summed E-state index contributed by atoms with van der Waals surface area (Å²) in [6.45, 7) is -1.36. The third-order valence-corrected chi connectivity index (χ3v) is 2.75. The Hall–Kier alpha value is -1.82. The number of hydrogen-bond acceptors (Lipinski definition) is 2. The summed E-state index contributed by atoms with van der Waals surface area (Å²) in [6.07, 6.45) is -2.76. The van der Waals surface area contributed by atoms with Crippen molar-refractivity contribution < 1.29 is 18.0 Å². The Morgan fingerprint density at radius 1 is 1.32 bits per heavy atom. The molecule has 2 rings (SSSR count). The molecule has 3 nitrogen and oxygen atoms in total. The molecule has 102 valence electrons. The molecule has 1 aromatic heterocycles. The Morgan fingerprint density at radius 2 is 2.00 bits per heavy atom. The maximum atomic E-state index is 12.2. The molecule has 0 amide bonds. The van der Waals surface area contributed by atoms with Crippen molar-refractivity contribution in [3.05, 3.63) is 36.0 Å². The van der Waals surface area contributed by atoms with E-state index in [0.717, 1.165) is 15.8 Å². The number of rotatable bonds is 4. The maximum absolute atomic E-state index is 12.2. The predicted molar refractivity (Wildman–Crippen MR) is 66.2 cm³/mol. The van der Waals surface area contributed by atoms with Crippen molar-refractivity contribution in [2.45, 2.75) is 6.18 Å². The van der Waals surface area contributed by atoms with Crippen LogP contribution in [0.1, 0.15) is 10.4 Å². The van der Waals surface area contributed by atoms with Crippen LogP contribution in [0.3, 0.4) is 0 Å². The van der Waals surface area contributed by atoms with Gasteiger partial charge in [0.2, 0.25) is 0 Å². The summed E-state index contributed by atoms with van der Waals surface area (Å²) in [5, 5.41) is 0.730. The fraction of sp³-hybridized carbons (Fsp3) is 0.308. The smallest absolute Gasteiger partial charge is 0.360 e. The summed E-state index contributed by atoms with van der Waals surface area (Å²) in [5.41, 5.74) is 1.22. The SMILES string of the molecule is CN(CC(=O)c1c[nH]c2ccccc12)CC(F)(F)F. The number of benzene rings is 1. The minimum atomic E-state index is -4.30. The largest absolute Gasteiger partial charge is 0.401 e. The molecule has 0 aliphatic rings. The van der Waals surface area contributed by atoms with Crippen LogP contribution in [0.15, 0.2) is 30.5 Å². The average Bonchev–Trinajstić information content (AvgIpc) is 2.69. The molecule has 6 heteroatoms. The highest BCUT2D eigenvalue weighted by Gasteiger charge is 2.30. The molecule has 19 heavy (non-hydrogen) atoms. The summed E-state index contributed by atoms with van der Waals surface area (Å²) < 4.78 is 36.6. The van der Waals surface area contributed by atoms with Gasteiger partial charge in [-0.2, -0.15) is 13.2 Å². The second-order valence-electron chi connectivity index (χ2n) is 4.46. The number of nitrogens with one attached hydrogen (secondary N) is 1. The van der Waals surface area contributed by atoms with Crippen LogP contribution < -0.4 is 0 Å². The van der Waals surface area contributed by atoms with Gasteiger partial charge in [0.05, 0.1) is 13.1 Å². The van der Waals surface area contributed by atoms with Gasteiger partial charge < -0.3 is 4.98 Å². The Kier molecular flexibility index (Phi) is 3.61. The molecule has 0 aliphatic carbocycles. The van der Waals surface area contributed by atoms with Gasteiger partial charge in [0, 0.05) is 22.7 Å². The Bertz CT molecular complexity index is 589. The summed E-state index contributed by atoms with van der Waals surface area (Å²) in [5.74, 6) is -0.329. The predicted octanol–water partition coefficient (Wildman–Crippen LogP) is 2.84. The molecule has 0 spiro atoms. The fourth-order valence-corrected chi connectivity index (χ4v) is 1.99. The number of alkyl halides is 3. The van der Waals surface area contributed by atoms with Crippen molar-refractivity contribution in [2.75, 3.05) is 20.1 Å². The number of hydrogen-bond donors (Lipinski definition) is 1. The molecule has 2 aromatic rings. The number of fused-ring (bicyclic) bond motifs is 1. The zero-order chi connectivity index (χ0) is 14.0. The number of nitrogens with zero attached hydrogens (tertiary/aromatic N) is 1. The lowest BCUT2D eigenvalue weighted by Crippen LogP contribution is -2.34. The van der Waals surface area contributed by atoms with Crippen molar-refractivity contribution in [3.8, 4) is 0 Å². The van der Waals surface area contributed by atoms with Crippen LogP contribution in [-0.2, 0) is 0 Å². The quantitative estimate of drug-likeness (QED) is 0.867. The van der Waals surface area contributed by atoms with Gasteiger partial charge in [0.1, 0.15) is 0 Å². The molecular formula is C13H13F3N2O. The van der Waals surface area contributed by atoms with Crippen LogP contribution in [0.2, 0.25) is 0 Å². The van der Waals surface area contributed by atoms with Crippen molar-refractivity contribution in [3.63, 3.8) is 0 Å². The fourth-order valence-electron chi connectivity index (χ4n) is 1.99. The first-order valence-corrected chi connectivity index (χ1v) is 5.71. The molecule has 0 radical (unpaired) electrons. The summed E-state index contributed by atoms with van der Waals surface area (Å²) >= 11 is 0. The van der Waals surface area contributed by atoms with E-state index in [-0.39, 0.29) is 12.3 Å². The lowest BCUT2D eigenvalue weighted by molar-refractivity contribution is -0.141. The van der Waals surface area contributed by atoms with Crippen LogP contribution in [0.4, 0.5) is 13.2 Å². The number of halogens is 3. The second-order valence-corrected chi connectivity index (χ2v) is 4.46. The van der Waals surface area contributed by atoms with Gasteiger partial charge in [-0.3, -0.25) is 9.69 Å². The number of carbonyl (C=O) groups excluding carboxylic acids is 1. The van der Waals surface area contributed by atoms with E-state index < -0.39 is 12.7 Å². The number of aromatic nitrogens is 1. The summed E-state index contributed by atoms with van der Waals surface area (Å²) in [4.78, 5) is 15.9. The standard InChI is InChI=1S/C13H13F3N2O/c1-18(8-13(14,15)16)7-12(19)10-6-17-11-5-3-2-4-9(10)11/h2-6,17H,7-8H2,1H3. The van der Waals surface area contributed by atoms with Gasteiger partial charge in [0.25, 0.3) is 0 Å². The van der Waals surface area contributed by atoms with E-state index >= 15 is 0 Å². The highest BCUT2D eigenvalue weighted by Crippen LogP contribution is 2.19. The van der Waals surface area contributed by atoms with Crippen LogP contribution in [0, 0.1) is 0 Å².